The lowest BCUT2D eigenvalue weighted by Crippen LogP contribution is -2.23. The summed E-state index contributed by atoms with van der Waals surface area (Å²) in [4.78, 5) is 0. The Labute approximate surface area is 107 Å². The van der Waals surface area contributed by atoms with Gasteiger partial charge < -0.3 is 10.1 Å². The quantitative estimate of drug-likeness (QED) is 0.828. The molecule has 90 valence electrons. The van der Waals surface area contributed by atoms with E-state index in [1.54, 1.807) is 0 Å². The van der Waals surface area contributed by atoms with Crippen LogP contribution in [0.25, 0.3) is 0 Å². The van der Waals surface area contributed by atoms with E-state index in [1.807, 2.05) is 12.1 Å². The molecule has 0 aliphatic heterocycles. The Morgan fingerprint density at radius 2 is 2.06 bits per heavy atom. The van der Waals surface area contributed by atoms with Crippen molar-refractivity contribution >= 4 is 15.9 Å². The Morgan fingerprint density at radius 1 is 1.31 bits per heavy atom. The first kappa shape index (κ1) is 13.7. The van der Waals surface area contributed by atoms with E-state index in [0.717, 1.165) is 30.6 Å². The second-order valence-corrected chi connectivity index (χ2v) is 4.54. The average molecular weight is 286 g/mol. The van der Waals surface area contributed by atoms with E-state index in [2.05, 4.69) is 47.2 Å². The van der Waals surface area contributed by atoms with Crippen LogP contribution in [0, 0.1) is 0 Å². The van der Waals surface area contributed by atoms with Gasteiger partial charge in [0.05, 0.1) is 6.10 Å². The molecule has 0 aliphatic rings. The highest BCUT2D eigenvalue weighted by atomic mass is 79.9. The van der Waals surface area contributed by atoms with Crippen molar-refractivity contribution in [3.8, 4) is 0 Å². The van der Waals surface area contributed by atoms with E-state index < -0.39 is 0 Å². The third kappa shape index (κ3) is 4.24. The lowest BCUT2D eigenvalue weighted by atomic mass is 10.1. The van der Waals surface area contributed by atoms with Gasteiger partial charge in [0.25, 0.3) is 0 Å². The number of halogens is 1. The third-order valence-corrected chi connectivity index (χ3v) is 3.08. The van der Waals surface area contributed by atoms with Gasteiger partial charge in [0.15, 0.2) is 0 Å². The van der Waals surface area contributed by atoms with Crippen LogP contribution in [0.3, 0.4) is 0 Å². The summed E-state index contributed by atoms with van der Waals surface area (Å²) < 4.78 is 6.99. The molecule has 2 nitrogen and oxygen atoms in total. The molecule has 0 amide bonds. The van der Waals surface area contributed by atoms with Gasteiger partial charge in [-0.2, -0.15) is 0 Å². The van der Waals surface area contributed by atoms with Crippen molar-refractivity contribution in [1.29, 1.82) is 0 Å². The van der Waals surface area contributed by atoms with Crippen molar-refractivity contribution in [3.63, 3.8) is 0 Å². The molecule has 1 aromatic carbocycles. The summed E-state index contributed by atoms with van der Waals surface area (Å²) in [6, 6.07) is 8.25. The Hall–Kier alpha value is -0.380. The summed E-state index contributed by atoms with van der Waals surface area (Å²) in [6.07, 6.45) is 1.18. The van der Waals surface area contributed by atoms with Crippen molar-refractivity contribution in [2.45, 2.75) is 26.4 Å². The van der Waals surface area contributed by atoms with Gasteiger partial charge in [0, 0.05) is 17.6 Å². The molecule has 0 aliphatic carbocycles. The molecule has 1 atom stereocenters. The predicted octanol–water partition coefficient (Wildman–Crippen LogP) is 3.53. The molecule has 1 rings (SSSR count). The van der Waals surface area contributed by atoms with Crippen LogP contribution in [0.1, 0.15) is 31.9 Å². The zero-order chi connectivity index (χ0) is 11.8. The van der Waals surface area contributed by atoms with Crippen LogP contribution in [-0.4, -0.2) is 19.7 Å². The Kier molecular flexibility index (Phi) is 6.69. The predicted molar refractivity (Wildman–Crippen MR) is 71.7 cm³/mol. The van der Waals surface area contributed by atoms with E-state index in [-0.39, 0.29) is 6.10 Å². The van der Waals surface area contributed by atoms with E-state index in [9.17, 15) is 0 Å². The summed E-state index contributed by atoms with van der Waals surface area (Å²) in [7, 11) is 0. The standard InChI is InChI=1S/C13H20BrNO/c1-3-9-16-13(10-15-4-2)11-7-5-6-8-12(11)14/h5-8,13,15H,3-4,9-10H2,1-2H3. The van der Waals surface area contributed by atoms with Crippen LogP contribution in [-0.2, 0) is 4.74 Å². The lowest BCUT2D eigenvalue weighted by Gasteiger charge is -2.19. The van der Waals surface area contributed by atoms with Crippen LogP contribution >= 0.6 is 15.9 Å². The first-order chi connectivity index (χ1) is 7.79. The molecule has 1 N–H and O–H groups in total. The number of ether oxygens (including phenoxy) is 1. The molecular weight excluding hydrogens is 266 g/mol. The maximum atomic E-state index is 5.87. The van der Waals surface area contributed by atoms with Crippen LogP contribution in [0.2, 0.25) is 0 Å². The summed E-state index contributed by atoms with van der Waals surface area (Å²) >= 11 is 3.57. The fourth-order valence-corrected chi connectivity index (χ4v) is 2.07. The van der Waals surface area contributed by atoms with E-state index in [4.69, 9.17) is 4.74 Å². The molecule has 0 spiro atoms. The largest absolute Gasteiger partial charge is 0.372 e. The van der Waals surface area contributed by atoms with Crippen LogP contribution in [0.15, 0.2) is 28.7 Å². The zero-order valence-electron chi connectivity index (χ0n) is 10.0. The molecule has 0 radical (unpaired) electrons. The number of benzene rings is 1. The molecule has 0 aromatic heterocycles. The number of nitrogens with one attached hydrogen (secondary N) is 1. The van der Waals surface area contributed by atoms with Gasteiger partial charge in [0.2, 0.25) is 0 Å². The molecule has 0 fully saturated rings. The molecule has 0 bridgehead atoms. The SMILES string of the molecule is CCCOC(CNCC)c1ccccc1Br. The minimum atomic E-state index is 0.135. The maximum Gasteiger partial charge on any atom is 0.0960 e. The maximum absolute atomic E-state index is 5.87. The Balaban J connectivity index is 2.70. The highest BCUT2D eigenvalue weighted by molar-refractivity contribution is 9.10. The minimum absolute atomic E-state index is 0.135. The molecule has 0 saturated carbocycles. The number of rotatable bonds is 7. The van der Waals surface area contributed by atoms with Crippen molar-refractivity contribution in [2.24, 2.45) is 0 Å². The van der Waals surface area contributed by atoms with Gasteiger partial charge in [-0.1, -0.05) is 48.0 Å². The molecule has 1 unspecified atom stereocenters. The van der Waals surface area contributed by atoms with Crippen molar-refractivity contribution < 1.29 is 4.74 Å². The smallest absolute Gasteiger partial charge is 0.0960 e. The summed E-state index contributed by atoms with van der Waals surface area (Å²) in [6.45, 7) is 6.87. The average Bonchev–Trinajstić information content (AvgIpc) is 2.31. The van der Waals surface area contributed by atoms with Gasteiger partial charge in [-0.05, 0) is 24.6 Å². The van der Waals surface area contributed by atoms with Gasteiger partial charge in [-0.3, -0.25) is 0 Å². The van der Waals surface area contributed by atoms with Gasteiger partial charge in [-0.25, -0.2) is 0 Å². The van der Waals surface area contributed by atoms with Gasteiger partial charge >= 0.3 is 0 Å². The highest BCUT2D eigenvalue weighted by Gasteiger charge is 2.13. The lowest BCUT2D eigenvalue weighted by molar-refractivity contribution is 0.0529. The third-order valence-electron chi connectivity index (χ3n) is 2.35. The summed E-state index contributed by atoms with van der Waals surface area (Å²) in [5.41, 5.74) is 1.22. The number of hydrogen-bond donors (Lipinski definition) is 1. The fraction of sp³-hybridized carbons (Fsp3) is 0.538. The number of hydrogen-bond acceptors (Lipinski definition) is 2. The zero-order valence-corrected chi connectivity index (χ0v) is 11.6. The second-order valence-electron chi connectivity index (χ2n) is 3.69. The van der Waals surface area contributed by atoms with Crippen LogP contribution in [0.4, 0.5) is 0 Å². The molecule has 3 heteroatoms. The molecular formula is C13H20BrNO. The van der Waals surface area contributed by atoms with Crippen molar-refractivity contribution in [2.75, 3.05) is 19.7 Å². The van der Waals surface area contributed by atoms with Gasteiger partial charge in [0.1, 0.15) is 0 Å². The molecule has 0 saturated heterocycles. The van der Waals surface area contributed by atoms with E-state index in [1.165, 1.54) is 5.56 Å². The molecule has 16 heavy (non-hydrogen) atoms. The van der Waals surface area contributed by atoms with Crippen LogP contribution in [0.5, 0.6) is 0 Å². The Bertz CT molecular complexity index is 296. The first-order valence-electron chi connectivity index (χ1n) is 5.86. The summed E-state index contributed by atoms with van der Waals surface area (Å²) in [5, 5.41) is 3.34. The van der Waals surface area contributed by atoms with Gasteiger partial charge in [-0.15, -0.1) is 0 Å². The highest BCUT2D eigenvalue weighted by Crippen LogP contribution is 2.25. The number of likely N-dealkylation sites (N-methyl/N-ethyl adjacent to an activating group) is 1. The summed E-state index contributed by atoms with van der Waals surface area (Å²) in [5.74, 6) is 0. The monoisotopic (exact) mass is 285 g/mol. The van der Waals surface area contributed by atoms with E-state index >= 15 is 0 Å². The molecule has 0 heterocycles. The molecule has 1 aromatic rings. The Morgan fingerprint density at radius 3 is 2.69 bits per heavy atom. The first-order valence-corrected chi connectivity index (χ1v) is 6.65. The van der Waals surface area contributed by atoms with E-state index in [0.29, 0.717) is 0 Å². The van der Waals surface area contributed by atoms with Crippen molar-refractivity contribution in [3.05, 3.63) is 34.3 Å². The van der Waals surface area contributed by atoms with Crippen LogP contribution < -0.4 is 5.32 Å². The topological polar surface area (TPSA) is 21.3 Å². The second kappa shape index (κ2) is 7.82. The fourth-order valence-electron chi connectivity index (χ4n) is 1.53. The minimum Gasteiger partial charge on any atom is -0.372 e. The normalized spacial score (nSPS) is 12.7. The van der Waals surface area contributed by atoms with Crippen molar-refractivity contribution in [1.82, 2.24) is 5.32 Å².